The monoisotopic (exact) mass is 279 g/mol. The molecule has 0 bridgehead atoms. The van der Waals surface area contributed by atoms with E-state index in [9.17, 15) is 13.7 Å². The number of fused-ring (bicyclic) bond motifs is 1. The van der Waals surface area contributed by atoms with Gasteiger partial charge in [0.05, 0.1) is 17.2 Å². The third-order valence-electron chi connectivity index (χ3n) is 3.57. The summed E-state index contributed by atoms with van der Waals surface area (Å²) in [7, 11) is -3.05. The summed E-state index contributed by atoms with van der Waals surface area (Å²) in [6, 6.07) is 9.86. The number of ether oxygens (including phenoxy) is 1. The van der Waals surface area contributed by atoms with Gasteiger partial charge in [0.25, 0.3) is 0 Å². The summed E-state index contributed by atoms with van der Waals surface area (Å²) in [5, 5.41) is 9.41. The Hall–Kier alpha value is -1.54. The highest BCUT2D eigenvalue weighted by molar-refractivity contribution is 7.91. The standard InChI is InChI=1S/C14H17NO3S/c1-2-19(16,17)8-7-14(10-15)9-12-5-3-4-6-13(12)18-11-14/h3-6H,2,7-9,11H2,1H3. The van der Waals surface area contributed by atoms with Crippen LogP contribution in [0.15, 0.2) is 24.3 Å². The largest absolute Gasteiger partial charge is 0.492 e. The maximum absolute atomic E-state index is 11.6. The Bertz CT molecular complexity index is 603. The summed E-state index contributed by atoms with van der Waals surface area (Å²) in [4.78, 5) is 0. The maximum atomic E-state index is 11.6. The number of hydrogen-bond donors (Lipinski definition) is 0. The van der Waals surface area contributed by atoms with Crippen LogP contribution < -0.4 is 4.74 Å². The van der Waals surface area contributed by atoms with Gasteiger partial charge in [-0.25, -0.2) is 8.42 Å². The zero-order valence-corrected chi connectivity index (χ0v) is 11.7. The van der Waals surface area contributed by atoms with E-state index in [1.165, 1.54) is 0 Å². The number of nitriles is 1. The molecule has 0 fully saturated rings. The average molecular weight is 279 g/mol. The molecule has 1 atom stereocenters. The Labute approximate surface area is 113 Å². The maximum Gasteiger partial charge on any atom is 0.150 e. The first-order valence-electron chi connectivity index (χ1n) is 6.33. The summed E-state index contributed by atoms with van der Waals surface area (Å²) < 4.78 is 28.8. The molecule has 102 valence electrons. The fourth-order valence-corrected chi connectivity index (χ4v) is 3.20. The highest BCUT2D eigenvalue weighted by Crippen LogP contribution is 2.36. The van der Waals surface area contributed by atoms with Crippen LogP contribution in [0.1, 0.15) is 18.9 Å². The molecular weight excluding hydrogens is 262 g/mol. The van der Waals surface area contributed by atoms with Crippen molar-refractivity contribution in [3.8, 4) is 11.8 Å². The number of nitrogens with zero attached hydrogens (tertiary/aromatic N) is 1. The topological polar surface area (TPSA) is 67.2 Å². The van der Waals surface area contributed by atoms with Gasteiger partial charge in [0.15, 0.2) is 0 Å². The number of sulfone groups is 1. The first-order chi connectivity index (χ1) is 9.00. The highest BCUT2D eigenvalue weighted by atomic mass is 32.2. The molecule has 1 aliphatic heterocycles. The van der Waals surface area contributed by atoms with Crippen molar-refractivity contribution in [2.24, 2.45) is 5.41 Å². The quantitative estimate of drug-likeness (QED) is 0.845. The van der Waals surface area contributed by atoms with Crippen molar-refractivity contribution in [3.05, 3.63) is 29.8 Å². The van der Waals surface area contributed by atoms with Crippen molar-refractivity contribution >= 4 is 9.84 Å². The average Bonchev–Trinajstić information content (AvgIpc) is 2.45. The molecule has 0 saturated heterocycles. The molecule has 2 rings (SSSR count). The van der Waals surface area contributed by atoms with Crippen LogP contribution in [-0.2, 0) is 16.3 Å². The molecule has 1 aliphatic rings. The van der Waals surface area contributed by atoms with Crippen LogP contribution in [0.3, 0.4) is 0 Å². The van der Waals surface area contributed by atoms with Crippen molar-refractivity contribution in [1.82, 2.24) is 0 Å². The summed E-state index contributed by atoms with van der Waals surface area (Å²) in [5.41, 5.74) is 0.251. The molecule has 1 aromatic carbocycles. The molecule has 1 unspecified atom stereocenters. The molecule has 4 nitrogen and oxygen atoms in total. The van der Waals surface area contributed by atoms with Gasteiger partial charge in [-0.3, -0.25) is 0 Å². The number of hydrogen-bond acceptors (Lipinski definition) is 4. The van der Waals surface area contributed by atoms with E-state index in [4.69, 9.17) is 4.74 Å². The Morgan fingerprint density at radius 2 is 2.16 bits per heavy atom. The second kappa shape index (κ2) is 5.22. The van der Waals surface area contributed by atoms with Gasteiger partial charge in [0, 0.05) is 5.75 Å². The van der Waals surface area contributed by atoms with Gasteiger partial charge >= 0.3 is 0 Å². The minimum atomic E-state index is -3.05. The van der Waals surface area contributed by atoms with Crippen molar-refractivity contribution in [1.29, 1.82) is 5.26 Å². The van der Waals surface area contributed by atoms with Crippen molar-refractivity contribution in [2.75, 3.05) is 18.1 Å². The van der Waals surface area contributed by atoms with Crippen molar-refractivity contribution in [3.63, 3.8) is 0 Å². The summed E-state index contributed by atoms with van der Waals surface area (Å²) in [6.07, 6.45) is 0.882. The van der Waals surface area contributed by atoms with Crippen LogP contribution in [0.2, 0.25) is 0 Å². The third kappa shape index (κ3) is 3.07. The molecule has 0 N–H and O–H groups in total. The molecule has 1 aromatic rings. The fourth-order valence-electron chi connectivity index (χ4n) is 2.21. The van der Waals surface area contributed by atoms with Crippen molar-refractivity contribution < 1.29 is 13.2 Å². The van der Waals surface area contributed by atoms with Gasteiger partial charge in [-0.1, -0.05) is 25.1 Å². The normalized spacial score (nSPS) is 22.1. The van der Waals surface area contributed by atoms with Crippen molar-refractivity contribution in [2.45, 2.75) is 19.8 Å². The van der Waals surface area contributed by atoms with E-state index in [1.807, 2.05) is 24.3 Å². The second-order valence-corrected chi connectivity index (χ2v) is 7.42. The van der Waals surface area contributed by atoms with E-state index in [-0.39, 0.29) is 18.1 Å². The van der Waals surface area contributed by atoms with Crippen LogP contribution in [0.25, 0.3) is 0 Å². The van der Waals surface area contributed by atoms with Gasteiger partial charge in [0.1, 0.15) is 22.2 Å². The summed E-state index contributed by atoms with van der Waals surface area (Å²) in [6.45, 7) is 1.89. The third-order valence-corrected chi connectivity index (χ3v) is 5.28. The van der Waals surface area contributed by atoms with Gasteiger partial charge in [-0.2, -0.15) is 5.26 Å². The number of benzene rings is 1. The van der Waals surface area contributed by atoms with E-state index in [2.05, 4.69) is 6.07 Å². The zero-order chi connectivity index (χ0) is 13.9. The van der Waals surface area contributed by atoms with E-state index >= 15 is 0 Å². The minimum Gasteiger partial charge on any atom is -0.492 e. The van der Waals surface area contributed by atoms with Crippen LogP contribution in [0.4, 0.5) is 0 Å². The molecule has 0 spiro atoms. The van der Waals surface area contributed by atoms with Crippen LogP contribution in [0.5, 0.6) is 5.75 Å². The lowest BCUT2D eigenvalue weighted by Crippen LogP contribution is -2.35. The molecule has 0 aromatic heterocycles. The lowest BCUT2D eigenvalue weighted by molar-refractivity contribution is 0.166. The van der Waals surface area contributed by atoms with E-state index in [0.717, 1.165) is 11.3 Å². The van der Waals surface area contributed by atoms with Crippen LogP contribution in [0, 0.1) is 16.7 Å². The summed E-state index contributed by atoms with van der Waals surface area (Å²) >= 11 is 0. The van der Waals surface area contributed by atoms with Gasteiger partial charge < -0.3 is 4.74 Å². The van der Waals surface area contributed by atoms with E-state index in [0.29, 0.717) is 12.8 Å². The smallest absolute Gasteiger partial charge is 0.150 e. The molecule has 5 heteroatoms. The predicted molar refractivity (Wildman–Crippen MR) is 72.6 cm³/mol. The molecule has 19 heavy (non-hydrogen) atoms. The highest BCUT2D eigenvalue weighted by Gasteiger charge is 2.37. The van der Waals surface area contributed by atoms with Crippen LogP contribution >= 0.6 is 0 Å². The Kier molecular flexibility index (Phi) is 3.81. The number of rotatable bonds is 4. The van der Waals surface area contributed by atoms with E-state index in [1.54, 1.807) is 6.92 Å². The van der Waals surface area contributed by atoms with Crippen LogP contribution in [-0.4, -0.2) is 26.5 Å². The Balaban J connectivity index is 2.16. The number of para-hydroxylation sites is 1. The fraction of sp³-hybridized carbons (Fsp3) is 0.500. The molecule has 1 heterocycles. The molecule has 0 saturated carbocycles. The SMILES string of the molecule is CCS(=O)(=O)CCC1(C#N)COc2ccccc2C1. The lowest BCUT2D eigenvalue weighted by atomic mass is 9.79. The summed E-state index contributed by atoms with van der Waals surface area (Å²) in [5.74, 6) is 0.959. The zero-order valence-electron chi connectivity index (χ0n) is 10.9. The van der Waals surface area contributed by atoms with Gasteiger partial charge in [-0.15, -0.1) is 0 Å². The predicted octanol–water partition coefficient (Wildman–Crippen LogP) is 1.96. The van der Waals surface area contributed by atoms with Gasteiger partial charge in [0.2, 0.25) is 0 Å². The first kappa shape index (κ1) is 13.9. The Morgan fingerprint density at radius 3 is 2.84 bits per heavy atom. The lowest BCUT2D eigenvalue weighted by Gasteiger charge is -2.32. The van der Waals surface area contributed by atoms with E-state index < -0.39 is 15.3 Å². The molecule has 0 radical (unpaired) electrons. The minimum absolute atomic E-state index is 0.0442. The molecule has 0 aliphatic carbocycles. The van der Waals surface area contributed by atoms with Gasteiger partial charge in [-0.05, 0) is 24.5 Å². The second-order valence-electron chi connectivity index (χ2n) is 4.95. The molecular formula is C14H17NO3S. The first-order valence-corrected chi connectivity index (χ1v) is 8.15. The Morgan fingerprint density at radius 1 is 1.42 bits per heavy atom. The molecule has 0 amide bonds.